The fraction of sp³-hybridized carbons (Fsp3) is 0.711. The molecule has 1 rings (SSSR count). The maximum Gasteiger partial charge on any atom is 0.306 e. The lowest BCUT2D eigenvalue weighted by atomic mass is 9.99. The zero-order valence-electron chi connectivity index (χ0n) is 55.3. The first kappa shape index (κ1) is 81.1. The van der Waals surface area contributed by atoms with Crippen LogP contribution in [0, 0.1) is 0 Å². The fourth-order valence-corrected chi connectivity index (χ4v) is 10.3. The SMILES string of the molecule is CC/C=C\C/C=C\C/C=C\C/C=C\C/C=C\CCCCCCCCCCCCCC(=O)OC1C(OCC(NC(=O)C(O)CCCCCC/C=C\C/C=C\C/C=C\C/C=C\CCCCC)C(O)/C=C/CCCCCCCCCCC)OC(CO)C(O)C1O. The molecule has 6 N–H and O–H groups in total. The normalized spacial score (nSPS) is 19.0. The second kappa shape index (κ2) is 62.3. The summed E-state index contributed by atoms with van der Waals surface area (Å²) in [5.41, 5.74) is 0. The third-order valence-corrected chi connectivity index (χ3v) is 15.8. The molecule has 8 unspecified atom stereocenters. The minimum atomic E-state index is -1.63. The predicted octanol–water partition coefficient (Wildman–Crippen LogP) is 18.2. The molecule has 1 aliphatic heterocycles. The summed E-state index contributed by atoms with van der Waals surface area (Å²) in [6, 6.07) is -1.04. The lowest BCUT2D eigenvalue weighted by molar-refractivity contribution is -0.305. The van der Waals surface area contributed by atoms with Gasteiger partial charge in [-0.15, -0.1) is 0 Å². The summed E-state index contributed by atoms with van der Waals surface area (Å²) in [6.45, 7) is 5.64. The fourth-order valence-electron chi connectivity index (χ4n) is 10.3. The zero-order valence-corrected chi connectivity index (χ0v) is 55.3. The summed E-state index contributed by atoms with van der Waals surface area (Å²) in [4.78, 5) is 26.7. The van der Waals surface area contributed by atoms with Crippen LogP contribution in [0.3, 0.4) is 0 Å². The molecule has 1 saturated heterocycles. The van der Waals surface area contributed by atoms with E-state index in [1.807, 2.05) is 6.08 Å². The molecular formula is C76H129NO10. The molecule has 8 atom stereocenters. The van der Waals surface area contributed by atoms with Crippen molar-refractivity contribution in [1.29, 1.82) is 0 Å². The van der Waals surface area contributed by atoms with Gasteiger partial charge in [-0.3, -0.25) is 9.59 Å². The Labute approximate surface area is 531 Å². The van der Waals surface area contributed by atoms with Gasteiger partial charge in [-0.2, -0.15) is 0 Å². The number of rotatable bonds is 59. The van der Waals surface area contributed by atoms with Gasteiger partial charge in [-0.25, -0.2) is 0 Å². The molecule has 1 amide bonds. The Kier molecular flexibility index (Phi) is 58.0. The van der Waals surface area contributed by atoms with Crippen LogP contribution in [0.2, 0.25) is 0 Å². The molecule has 1 heterocycles. The van der Waals surface area contributed by atoms with Crippen molar-refractivity contribution in [3.8, 4) is 0 Å². The number of aliphatic hydroxyl groups is 5. The Hall–Kier alpha value is -3.94. The van der Waals surface area contributed by atoms with Gasteiger partial charge in [-0.05, 0) is 116 Å². The largest absolute Gasteiger partial charge is 0.454 e. The van der Waals surface area contributed by atoms with E-state index in [0.717, 1.165) is 135 Å². The van der Waals surface area contributed by atoms with Crippen LogP contribution in [-0.4, -0.2) is 99.6 Å². The smallest absolute Gasteiger partial charge is 0.306 e. The Morgan fingerprint density at radius 1 is 0.460 bits per heavy atom. The van der Waals surface area contributed by atoms with E-state index in [4.69, 9.17) is 14.2 Å². The maximum atomic E-state index is 13.5. The number of ether oxygens (including phenoxy) is 3. The number of nitrogens with one attached hydrogen (secondary N) is 1. The summed E-state index contributed by atoms with van der Waals surface area (Å²) in [5.74, 6) is -1.22. The number of hydrogen-bond donors (Lipinski definition) is 6. The monoisotopic (exact) mass is 1220 g/mol. The van der Waals surface area contributed by atoms with E-state index in [1.165, 1.54) is 103 Å². The van der Waals surface area contributed by atoms with Crippen molar-refractivity contribution in [1.82, 2.24) is 5.32 Å². The molecule has 0 aromatic rings. The number of esters is 1. The summed E-state index contributed by atoms with van der Waals surface area (Å²) >= 11 is 0. The molecular weight excluding hydrogens is 1090 g/mol. The van der Waals surface area contributed by atoms with Gasteiger partial charge in [-0.1, -0.05) is 284 Å². The molecule has 1 fully saturated rings. The minimum Gasteiger partial charge on any atom is -0.454 e. The Bertz CT molecular complexity index is 1880. The second-order valence-electron chi connectivity index (χ2n) is 23.9. The van der Waals surface area contributed by atoms with E-state index in [0.29, 0.717) is 12.8 Å². The number of aliphatic hydroxyl groups excluding tert-OH is 5. The van der Waals surface area contributed by atoms with Crippen molar-refractivity contribution in [2.24, 2.45) is 0 Å². The van der Waals surface area contributed by atoms with E-state index in [9.17, 15) is 35.1 Å². The van der Waals surface area contributed by atoms with Crippen molar-refractivity contribution in [2.75, 3.05) is 13.2 Å². The van der Waals surface area contributed by atoms with Crippen LogP contribution in [0.4, 0.5) is 0 Å². The lowest BCUT2D eigenvalue weighted by Gasteiger charge is -2.41. The number of carbonyl (C=O) groups excluding carboxylic acids is 2. The molecule has 0 bridgehead atoms. The molecule has 0 spiro atoms. The third kappa shape index (κ3) is 49.5. The van der Waals surface area contributed by atoms with E-state index >= 15 is 0 Å². The second-order valence-corrected chi connectivity index (χ2v) is 23.9. The first-order valence-corrected chi connectivity index (χ1v) is 35.3. The van der Waals surface area contributed by atoms with Gasteiger partial charge < -0.3 is 45.1 Å². The number of amides is 1. The van der Waals surface area contributed by atoms with Gasteiger partial charge in [0.1, 0.15) is 24.4 Å². The van der Waals surface area contributed by atoms with Crippen molar-refractivity contribution < 1.29 is 49.3 Å². The average Bonchev–Trinajstić information content (AvgIpc) is 2.93. The van der Waals surface area contributed by atoms with Crippen LogP contribution < -0.4 is 5.32 Å². The summed E-state index contributed by atoms with van der Waals surface area (Å²) in [6.07, 6.45) is 76.6. The Morgan fingerprint density at radius 2 is 0.828 bits per heavy atom. The number of hydrogen-bond acceptors (Lipinski definition) is 10. The van der Waals surface area contributed by atoms with E-state index in [-0.39, 0.29) is 19.4 Å². The van der Waals surface area contributed by atoms with Gasteiger partial charge in [0.2, 0.25) is 5.91 Å². The molecule has 0 aliphatic carbocycles. The van der Waals surface area contributed by atoms with Gasteiger partial charge in [0.25, 0.3) is 0 Å². The van der Waals surface area contributed by atoms with Crippen LogP contribution in [0.5, 0.6) is 0 Å². The van der Waals surface area contributed by atoms with E-state index in [1.54, 1.807) is 6.08 Å². The quantitative estimate of drug-likeness (QED) is 0.0195. The highest BCUT2D eigenvalue weighted by molar-refractivity contribution is 5.80. The molecule has 0 aromatic carbocycles. The van der Waals surface area contributed by atoms with Crippen molar-refractivity contribution in [2.45, 2.75) is 333 Å². The van der Waals surface area contributed by atoms with Crippen LogP contribution in [-0.2, 0) is 23.8 Å². The highest BCUT2D eigenvalue weighted by Crippen LogP contribution is 2.26. The maximum absolute atomic E-state index is 13.5. The Morgan fingerprint density at radius 3 is 1.26 bits per heavy atom. The van der Waals surface area contributed by atoms with E-state index in [2.05, 4.69) is 135 Å². The molecule has 0 saturated carbocycles. The lowest BCUT2D eigenvalue weighted by Crippen LogP contribution is -2.61. The van der Waals surface area contributed by atoms with Crippen LogP contribution >= 0.6 is 0 Å². The molecule has 11 heteroatoms. The van der Waals surface area contributed by atoms with Gasteiger partial charge in [0, 0.05) is 6.42 Å². The van der Waals surface area contributed by atoms with Crippen molar-refractivity contribution in [3.05, 3.63) is 122 Å². The highest BCUT2D eigenvalue weighted by atomic mass is 16.7. The summed E-state index contributed by atoms with van der Waals surface area (Å²) in [5, 5.41) is 57.2. The zero-order chi connectivity index (χ0) is 63.1. The van der Waals surface area contributed by atoms with Gasteiger partial charge in [0.15, 0.2) is 12.4 Å². The molecule has 1 aliphatic rings. The molecule has 498 valence electrons. The Balaban J connectivity index is 2.57. The molecule has 0 radical (unpaired) electrons. The summed E-state index contributed by atoms with van der Waals surface area (Å²) in [7, 11) is 0. The van der Waals surface area contributed by atoms with Gasteiger partial charge in [0.05, 0.1) is 25.4 Å². The number of allylic oxidation sites excluding steroid dienone is 19. The first-order chi connectivity index (χ1) is 42.7. The topological polar surface area (TPSA) is 175 Å². The third-order valence-electron chi connectivity index (χ3n) is 15.8. The minimum absolute atomic E-state index is 0.111. The number of unbranched alkanes of at least 4 members (excludes halogenated alkanes) is 27. The van der Waals surface area contributed by atoms with Crippen LogP contribution in [0.25, 0.3) is 0 Å². The first-order valence-electron chi connectivity index (χ1n) is 35.3. The standard InChI is InChI=1S/C76H129NO10/c1-4-7-10-13-16-19-22-24-26-28-30-32-33-34-35-36-37-38-40-42-44-46-49-52-55-58-61-64-71(81)87-74-73(83)72(82)70(65-78)86-76(74)85-66-67(68(79)62-59-56-53-50-47-21-18-15-12-9-6-3)77-75(84)69(80)63-60-57-54-51-48-45-43-41-39-31-29-27-25-23-20-17-14-11-8-5-2/h7,10,16-17,19-20,24-27,30-32,34-35,39,43,45,59,62,67-70,72-74,76,78-80,82-83H,4-6,8-9,11-15,18,21-23,28-29,33,36-38,40-42,44,46-58,60-61,63-66H2,1-3H3,(H,77,84)/b10-7-,19-16-,20-17-,26-24-,27-25-,32-30-,35-34-,39-31-,45-43-,62-59+. The van der Waals surface area contributed by atoms with Gasteiger partial charge >= 0.3 is 5.97 Å². The van der Waals surface area contributed by atoms with Crippen LogP contribution in [0.15, 0.2) is 122 Å². The summed E-state index contributed by atoms with van der Waals surface area (Å²) < 4.78 is 17.7. The highest BCUT2D eigenvalue weighted by Gasteiger charge is 2.47. The predicted molar refractivity (Wildman–Crippen MR) is 365 cm³/mol. The average molecular weight is 1220 g/mol. The van der Waals surface area contributed by atoms with Crippen LogP contribution in [0.1, 0.15) is 284 Å². The van der Waals surface area contributed by atoms with Crippen molar-refractivity contribution in [3.63, 3.8) is 0 Å². The van der Waals surface area contributed by atoms with E-state index < -0.39 is 67.4 Å². The number of carbonyl (C=O) groups is 2. The molecule has 0 aromatic heterocycles. The van der Waals surface area contributed by atoms with Crippen molar-refractivity contribution >= 4 is 11.9 Å². The molecule has 87 heavy (non-hydrogen) atoms. The molecule has 11 nitrogen and oxygen atoms in total.